The number of aliphatic imine (C=N–C) groups is 1. The molecule has 3 unspecified atom stereocenters. The van der Waals surface area contributed by atoms with Crippen molar-refractivity contribution < 1.29 is 4.74 Å². The molecule has 3 aromatic carbocycles. The van der Waals surface area contributed by atoms with Gasteiger partial charge in [0.05, 0.1) is 11.6 Å². The fraction of sp³-hybridized carbons (Fsp3) is 0.469. The molecule has 186 valence electrons. The maximum Gasteiger partial charge on any atom is 0.228 e. The van der Waals surface area contributed by atoms with Gasteiger partial charge >= 0.3 is 0 Å². The molecule has 3 heterocycles. The number of piperidine rings is 1. The van der Waals surface area contributed by atoms with Crippen LogP contribution in [0.4, 0.5) is 17.1 Å². The number of aryl methyl sites for hydroxylation is 1. The largest absolute Gasteiger partial charge is 0.459 e. The maximum atomic E-state index is 7.13. The summed E-state index contributed by atoms with van der Waals surface area (Å²) in [4.78, 5) is 10.1. The highest BCUT2D eigenvalue weighted by Gasteiger charge is 2.58. The first-order valence-corrected chi connectivity index (χ1v) is 13.8. The van der Waals surface area contributed by atoms with E-state index in [1.807, 2.05) is 0 Å². The third-order valence-corrected chi connectivity index (χ3v) is 9.81. The molecule has 4 heteroatoms. The maximum absolute atomic E-state index is 7.13. The third-order valence-electron chi connectivity index (χ3n) is 9.81. The van der Waals surface area contributed by atoms with Crippen LogP contribution in [-0.2, 0) is 5.41 Å². The van der Waals surface area contributed by atoms with E-state index in [2.05, 4.69) is 92.4 Å². The van der Waals surface area contributed by atoms with E-state index in [0.29, 0.717) is 0 Å². The van der Waals surface area contributed by atoms with Crippen LogP contribution in [0.3, 0.4) is 0 Å². The summed E-state index contributed by atoms with van der Waals surface area (Å²) in [6.45, 7) is 9.05. The van der Waals surface area contributed by atoms with Crippen molar-refractivity contribution in [3.05, 3.63) is 59.7 Å². The zero-order valence-electron chi connectivity index (χ0n) is 22.1. The van der Waals surface area contributed by atoms with E-state index in [1.54, 1.807) is 0 Å². The van der Waals surface area contributed by atoms with Crippen LogP contribution in [0.25, 0.3) is 10.8 Å². The van der Waals surface area contributed by atoms with Crippen LogP contribution in [-0.4, -0.2) is 32.1 Å². The molecule has 4 nitrogen and oxygen atoms in total. The molecule has 36 heavy (non-hydrogen) atoms. The predicted octanol–water partition coefficient (Wildman–Crippen LogP) is 7.38. The summed E-state index contributed by atoms with van der Waals surface area (Å²) in [6.07, 6.45) is 8.98. The number of fused-ring (bicyclic) bond motifs is 5. The van der Waals surface area contributed by atoms with Crippen LogP contribution >= 0.6 is 0 Å². The Hall–Kier alpha value is -3.01. The first kappa shape index (κ1) is 22.2. The molecule has 0 N–H and O–H groups in total. The highest BCUT2D eigenvalue weighted by molar-refractivity contribution is 6.06. The number of nitrogens with zero attached hydrogens (tertiary/aromatic N) is 3. The summed E-state index contributed by atoms with van der Waals surface area (Å²) in [5.74, 6) is 2.64. The van der Waals surface area contributed by atoms with Crippen LogP contribution in [0, 0.1) is 18.8 Å². The van der Waals surface area contributed by atoms with Gasteiger partial charge in [0.2, 0.25) is 5.72 Å². The van der Waals surface area contributed by atoms with Crippen molar-refractivity contribution in [2.45, 2.75) is 64.0 Å². The molecule has 7 rings (SSSR count). The molecule has 0 amide bonds. The second kappa shape index (κ2) is 7.74. The lowest BCUT2D eigenvalue weighted by Gasteiger charge is -2.46. The standard InChI is InChI=1S/C32H37N3O/c1-21-13-14-27-26(17-21)31(2,3)32(34(27)4)20-33-30-25-12-8-7-11-24(25)28(18-29(30)36-32)35-16-15-22-9-5-6-10-23(22)19-35/h7-8,11-14,17-18,20,22-23H,5-6,9-10,15-16,19H2,1-4H3. The lowest BCUT2D eigenvalue weighted by atomic mass is 9.75. The Morgan fingerprint density at radius 3 is 2.53 bits per heavy atom. The number of rotatable bonds is 1. The summed E-state index contributed by atoms with van der Waals surface area (Å²) in [7, 11) is 2.15. The number of hydrogen-bond donors (Lipinski definition) is 0. The molecule has 2 fully saturated rings. The van der Waals surface area contributed by atoms with Gasteiger partial charge < -0.3 is 14.5 Å². The van der Waals surface area contributed by atoms with Crippen molar-refractivity contribution in [2.24, 2.45) is 16.8 Å². The summed E-state index contributed by atoms with van der Waals surface area (Å²) >= 11 is 0. The predicted molar refractivity (Wildman–Crippen MR) is 150 cm³/mol. The molecule has 3 aromatic rings. The van der Waals surface area contributed by atoms with E-state index in [0.717, 1.165) is 36.4 Å². The van der Waals surface area contributed by atoms with Gasteiger partial charge in [0.25, 0.3) is 0 Å². The molecule has 1 saturated carbocycles. The van der Waals surface area contributed by atoms with E-state index in [4.69, 9.17) is 9.73 Å². The number of ether oxygens (including phenoxy) is 1. The summed E-state index contributed by atoms with van der Waals surface area (Å²) in [6, 6.07) is 17.8. The van der Waals surface area contributed by atoms with Gasteiger partial charge in [-0.2, -0.15) is 0 Å². The van der Waals surface area contributed by atoms with Gasteiger partial charge in [-0.1, -0.05) is 61.2 Å². The van der Waals surface area contributed by atoms with Gasteiger partial charge in [0.15, 0.2) is 5.75 Å². The van der Waals surface area contributed by atoms with Crippen molar-refractivity contribution in [3.63, 3.8) is 0 Å². The molecule has 3 atom stereocenters. The van der Waals surface area contributed by atoms with Gasteiger partial charge in [-0.25, -0.2) is 0 Å². The summed E-state index contributed by atoms with van der Waals surface area (Å²) < 4.78 is 7.13. The average Bonchev–Trinajstić information content (AvgIpc) is 3.05. The number of likely N-dealkylation sites (N-methyl/N-ethyl adjacent to an activating group) is 1. The van der Waals surface area contributed by atoms with Crippen molar-refractivity contribution in [1.29, 1.82) is 0 Å². The smallest absolute Gasteiger partial charge is 0.228 e. The average molecular weight is 480 g/mol. The Morgan fingerprint density at radius 2 is 1.69 bits per heavy atom. The molecular weight excluding hydrogens is 442 g/mol. The highest BCUT2D eigenvalue weighted by Crippen LogP contribution is 2.55. The summed E-state index contributed by atoms with van der Waals surface area (Å²) in [5.41, 5.74) is 5.18. The van der Waals surface area contributed by atoms with E-state index in [9.17, 15) is 0 Å². The Bertz CT molecular complexity index is 1390. The molecule has 1 spiro atoms. The van der Waals surface area contributed by atoms with Crippen LogP contribution in [0.2, 0.25) is 0 Å². The Balaban J connectivity index is 1.34. The lowest BCUT2D eigenvalue weighted by molar-refractivity contribution is 0.0826. The molecule has 1 saturated heterocycles. The van der Waals surface area contributed by atoms with Crippen LogP contribution in [0.15, 0.2) is 53.5 Å². The second-order valence-corrected chi connectivity index (χ2v) is 12.1. The monoisotopic (exact) mass is 479 g/mol. The van der Waals surface area contributed by atoms with Crippen molar-refractivity contribution >= 4 is 34.0 Å². The highest BCUT2D eigenvalue weighted by atomic mass is 16.5. The van der Waals surface area contributed by atoms with Crippen LogP contribution < -0.4 is 14.5 Å². The van der Waals surface area contributed by atoms with Gasteiger partial charge in [-0.15, -0.1) is 0 Å². The zero-order chi connectivity index (χ0) is 24.7. The minimum atomic E-state index is -0.660. The van der Waals surface area contributed by atoms with Gasteiger partial charge in [0, 0.05) is 48.4 Å². The summed E-state index contributed by atoms with van der Waals surface area (Å²) in [5, 5.41) is 2.48. The number of anilines is 2. The van der Waals surface area contributed by atoms with Crippen molar-refractivity contribution in [2.75, 3.05) is 29.9 Å². The Kier molecular flexibility index (Phi) is 4.78. The van der Waals surface area contributed by atoms with E-state index >= 15 is 0 Å². The first-order valence-electron chi connectivity index (χ1n) is 13.8. The molecule has 3 aliphatic heterocycles. The van der Waals surface area contributed by atoms with Gasteiger partial charge in [-0.3, -0.25) is 4.99 Å². The minimum Gasteiger partial charge on any atom is -0.459 e. The molecule has 0 radical (unpaired) electrons. The fourth-order valence-corrected chi connectivity index (χ4v) is 7.63. The normalized spacial score (nSPS) is 28.1. The van der Waals surface area contributed by atoms with Crippen molar-refractivity contribution in [1.82, 2.24) is 0 Å². The molecule has 0 aromatic heterocycles. The van der Waals surface area contributed by atoms with Crippen molar-refractivity contribution in [3.8, 4) is 5.75 Å². The molecule has 0 bridgehead atoms. The first-order chi connectivity index (χ1) is 17.4. The van der Waals surface area contributed by atoms with Gasteiger partial charge in [0.1, 0.15) is 5.69 Å². The lowest BCUT2D eigenvalue weighted by Crippen LogP contribution is -2.61. The zero-order valence-corrected chi connectivity index (χ0v) is 22.1. The molecule has 4 aliphatic rings. The second-order valence-electron chi connectivity index (χ2n) is 12.1. The SMILES string of the molecule is Cc1ccc2c(c1)C(C)(C)C1(C=Nc3c(cc(N4CCC5CCCCC5C4)c4ccccc34)O1)N2C. The Labute approximate surface area is 215 Å². The fourth-order valence-electron chi connectivity index (χ4n) is 7.63. The topological polar surface area (TPSA) is 28.1 Å². The third kappa shape index (κ3) is 2.96. The Morgan fingerprint density at radius 1 is 0.917 bits per heavy atom. The number of benzene rings is 3. The quantitative estimate of drug-likeness (QED) is 0.364. The van der Waals surface area contributed by atoms with Crippen LogP contribution in [0.5, 0.6) is 5.75 Å². The van der Waals surface area contributed by atoms with E-state index < -0.39 is 5.72 Å². The molecule has 1 aliphatic carbocycles. The number of hydrogen-bond acceptors (Lipinski definition) is 4. The molecular formula is C32H37N3O. The minimum absolute atomic E-state index is 0.253. The van der Waals surface area contributed by atoms with Gasteiger partial charge in [-0.05, 0) is 57.1 Å². The van der Waals surface area contributed by atoms with Crippen LogP contribution in [0.1, 0.15) is 57.1 Å². The van der Waals surface area contributed by atoms with E-state index in [-0.39, 0.29) is 5.41 Å². The van der Waals surface area contributed by atoms with E-state index in [1.165, 1.54) is 65.4 Å².